The predicted octanol–water partition coefficient (Wildman–Crippen LogP) is 2.03. The smallest absolute Gasteiger partial charge is 0.273 e. The fourth-order valence-electron chi connectivity index (χ4n) is 1.28. The van der Waals surface area contributed by atoms with E-state index in [0.717, 1.165) is 10.2 Å². The van der Waals surface area contributed by atoms with Crippen LogP contribution in [0.3, 0.4) is 0 Å². The van der Waals surface area contributed by atoms with Crippen LogP contribution in [0.15, 0.2) is 4.47 Å². The van der Waals surface area contributed by atoms with Gasteiger partial charge in [-0.2, -0.15) is 5.10 Å². The van der Waals surface area contributed by atoms with Crippen molar-refractivity contribution in [1.82, 2.24) is 9.78 Å². The Morgan fingerprint density at radius 3 is 2.65 bits per heavy atom. The third-order valence-electron chi connectivity index (χ3n) is 2.36. The number of rotatable bonds is 6. The molecule has 0 aliphatic rings. The fourth-order valence-corrected chi connectivity index (χ4v) is 1.73. The maximum Gasteiger partial charge on any atom is 0.273 e. The van der Waals surface area contributed by atoms with Crippen LogP contribution in [0.25, 0.3) is 0 Å². The summed E-state index contributed by atoms with van der Waals surface area (Å²) in [5, 5.41) is 12.6. The molecule has 0 amide bonds. The molecule has 1 rings (SSSR count). The number of nitrogens with zero attached hydrogens (tertiary/aromatic N) is 2. The van der Waals surface area contributed by atoms with Gasteiger partial charge in [-0.15, -0.1) is 0 Å². The van der Waals surface area contributed by atoms with E-state index in [4.69, 9.17) is 9.84 Å². The Morgan fingerprint density at radius 2 is 2.18 bits per heavy atom. The second kappa shape index (κ2) is 5.88. The van der Waals surface area contributed by atoms with E-state index in [-0.39, 0.29) is 6.61 Å². The van der Waals surface area contributed by atoms with Gasteiger partial charge in [-0.1, -0.05) is 0 Å². The number of alkyl halides is 2. The molecule has 0 aliphatic heterocycles. The van der Waals surface area contributed by atoms with E-state index in [0.29, 0.717) is 5.69 Å². The van der Waals surface area contributed by atoms with Crippen molar-refractivity contribution >= 4 is 15.9 Å². The summed E-state index contributed by atoms with van der Waals surface area (Å²) in [5.41, 5.74) is 1.50. The molecule has 17 heavy (non-hydrogen) atoms. The van der Waals surface area contributed by atoms with Gasteiger partial charge in [0.2, 0.25) is 0 Å². The summed E-state index contributed by atoms with van der Waals surface area (Å²) >= 11 is 3.32. The highest BCUT2D eigenvalue weighted by Gasteiger charge is 2.28. The molecule has 0 radical (unpaired) electrons. The minimum absolute atomic E-state index is 0.0171. The number of aryl methyl sites for hydroxylation is 1. The van der Waals surface area contributed by atoms with Crippen LogP contribution >= 0.6 is 15.9 Å². The van der Waals surface area contributed by atoms with Gasteiger partial charge in [0.25, 0.3) is 5.92 Å². The molecule has 1 aromatic heterocycles. The third kappa shape index (κ3) is 4.01. The maximum absolute atomic E-state index is 13.0. The maximum atomic E-state index is 13.0. The molecular formula is C10H15BrF2N2O2. The van der Waals surface area contributed by atoms with Crippen LogP contribution in [0, 0.1) is 6.92 Å². The van der Waals surface area contributed by atoms with Crippen LogP contribution in [0.4, 0.5) is 8.78 Å². The first kappa shape index (κ1) is 14.5. The lowest BCUT2D eigenvalue weighted by molar-refractivity contribution is -0.0937. The molecule has 1 N–H and O–H groups in total. The Labute approximate surface area is 107 Å². The van der Waals surface area contributed by atoms with Gasteiger partial charge >= 0.3 is 0 Å². The SMILES string of the molecule is Cc1c(Br)c(COCC(F)(F)CCO)nn1C. The quantitative estimate of drug-likeness (QED) is 0.874. The van der Waals surface area contributed by atoms with Gasteiger partial charge in [0.15, 0.2) is 0 Å². The van der Waals surface area contributed by atoms with Crippen molar-refractivity contribution in [2.24, 2.45) is 7.05 Å². The molecule has 0 bridgehead atoms. The summed E-state index contributed by atoms with van der Waals surface area (Å²) in [5.74, 6) is -2.99. The van der Waals surface area contributed by atoms with Crippen LogP contribution in [-0.4, -0.2) is 34.0 Å². The lowest BCUT2D eigenvalue weighted by atomic mass is 10.2. The summed E-state index contributed by atoms with van der Waals surface area (Å²) < 4.78 is 33.3. The minimum atomic E-state index is -2.99. The van der Waals surface area contributed by atoms with Crippen molar-refractivity contribution in [3.05, 3.63) is 15.9 Å². The normalized spacial score (nSPS) is 12.1. The van der Waals surface area contributed by atoms with Crippen LogP contribution < -0.4 is 0 Å². The number of aromatic nitrogens is 2. The van der Waals surface area contributed by atoms with Gasteiger partial charge in [-0.25, -0.2) is 8.78 Å². The highest BCUT2D eigenvalue weighted by molar-refractivity contribution is 9.10. The third-order valence-corrected chi connectivity index (χ3v) is 3.39. The molecule has 0 spiro atoms. The number of aliphatic hydroxyl groups is 1. The molecule has 0 fully saturated rings. The molecule has 1 aromatic rings. The average molecular weight is 313 g/mol. The molecular weight excluding hydrogens is 298 g/mol. The van der Waals surface area contributed by atoms with Gasteiger partial charge in [-0.3, -0.25) is 4.68 Å². The lowest BCUT2D eigenvalue weighted by Gasteiger charge is -2.14. The Bertz CT molecular complexity index is 383. The highest BCUT2D eigenvalue weighted by Crippen LogP contribution is 2.22. The number of hydrogen-bond donors (Lipinski definition) is 1. The highest BCUT2D eigenvalue weighted by atomic mass is 79.9. The Hall–Kier alpha value is -0.530. The van der Waals surface area contributed by atoms with Crippen molar-refractivity contribution in [3.63, 3.8) is 0 Å². The Kier molecular flexibility index (Phi) is 5.03. The Morgan fingerprint density at radius 1 is 1.53 bits per heavy atom. The Balaban J connectivity index is 2.48. The van der Waals surface area contributed by atoms with E-state index >= 15 is 0 Å². The standard InChI is InChI=1S/C10H15BrF2N2O2/c1-7-9(11)8(14-15(7)2)5-17-6-10(12,13)3-4-16/h16H,3-6H2,1-2H3. The largest absolute Gasteiger partial charge is 0.396 e. The first-order valence-electron chi connectivity index (χ1n) is 5.12. The van der Waals surface area contributed by atoms with E-state index in [1.807, 2.05) is 6.92 Å². The van der Waals surface area contributed by atoms with Crippen molar-refractivity contribution in [1.29, 1.82) is 0 Å². The molecule has 4 nitrogen and oxygen atoms in total. The molecule has 0 aromatic carbocycles. The summed E-state index contributed by atoms with van der Waals surface area (Å²) in [6.45, 7) is 0.614. The van der Waals surface area contributed by atoms with E-state index in [9.17, 15) is 8.78 Å². The molecule has 1 heterocycles. The van der Waals surface area contributed by atoms with E-state index in [1.54, 1.807) is 11.7 Å². The first-order chi connectivity index (χ1) is 7.87. The van der Waals surface area contributed by atoms with E-state index in [1.165, 1.54) is 0 Å². The van der Waals surface area contributed by atoms with E-state index in [2.05, 4.69) is 21.0 Å². The monoisotopic (exact) mass is 312 g/mol. The summed E-state index contributed by atoms with van der Waals surface area (Å²) in [6, 6.07) is 0. The van der Waals surface area contributed by atoms with Crippen LogP contribution in [0.2, 0.25) is 0 Å². The van der Waals surface area contributed by atoms with Gasteiger partial charge < -0.3 is 9.84 Å². The second-order valence-corrected chi connectivity index (χ2v) is 4.59. The molecule has 0 saturated heterocycles. The van der Waals surface area contributed by atoms with Gasteiger partial charge in [0.1, 0.15) is 12.3 Å². The second-order valence-electron chi connectivity index (χ2n) is 3.79. The van der Waals surface area contributed by atoms with Crippen LogP contribution in [0.1, 0.15) is 17.8 Å². The van der Waals surface area contributed by atoms with Crippen molar-refractivity contribution in [2.45, 2.75) is 25.9 Å². The fraction of sp³-hybridized carbons (Fsp3) is 0.700. The number of ether oxygens (including phenoxy) is 1. The number of aliphatic hydroxyl groups excluding tert-OH is 1. The first-order valence-corrected chi connectivity index (χ1v) is 5.91. The molecule has 0 atom stereocenters. The number of hydrogen-bond acceptors (Lipinski definition) is 3. The number of halogens is 3. The summed E-state index contributed by atoms with van der Waals surface area (Å²) in [6.07, 6.45) is -0.588. The van der Waals surface area contributed by atoms with Crippen molar-refractivity contribution in [2.75, 3.05) is 13.2 Å². The summed E-state index contributed by atoms with van der Waals surface area (Å²) in [4.78, 5) is 0. The molecule has 98 valence electrons. The zero-order chi connectivity index (χ0) is 13.1. The van der Waals surface area contributed by atoms with Gasteiger partial charge in [0.05, 0.1) is 11.1 Å². The molecule has 7 heteroatoms. The zero-order valence-corrected chi connectivity index (χ0v) is 11.3. The molecule has 0 unspecified atom stereocenters. The lowest BCUT2D eigenvalue weighted by Crippen LogP contribution is -2.25. The minimum Gasteiger partial charge on any atom is -0.396 e. The average Bonchev–Trinajstić information content (AvgIpc) is 2.46. The summed E-state index contributed by atoms with van der Waals surface area (Å²) in [7, 11) is 1.77. The van der Waals surface area contributed by atoms with Crippen molar-refractivity contribution in [3.8, 4) is 0 Å². The van der Waals surface area contributed by atoms with Crippen LogP contribution in [0.5, 0.6) is 0 Å². The topological polar surface area (TPSA) is 47.3 Å². The van der Waals surface area contributed by atoms with Gasteiger partial charge in [0, 0.05) is 25.8 Å². The zero-order valence-electron chi connectivity index (χ0n) is 9.71. The molecule has 0 aliphatic carbocycles. The predicted molar refractivity (Wildman–Crippen MR) is 62.0 cm³/mol. The van der Waals surface area contributed by atoms with Gasteiger partial charge in [-0.05, 0) is 22.9 Å². The van der Waals surface area contributed by atoms with Crippen molar-refractivity contribution < 1.29 is 18.6 Å². The van der Waals surface area contributed by atoms with Crippen LogP contribution in [-0.2, 0) is 18.4 Å². The van der Waals surface area contributed by atoms with E-state index < -0.39 is 25.6 Å². The molecule has 0 saturated carbocycles.